The van der Waals surface area contributed by atoms with Crippen LogP contribution in [-0.2, 0) is 11.3 Å². The molecule has 0 radical (unpaired) electrons. The second-order valence-electron chi connectivity index (χ2n) is 7.47. The number of primary amides is 1. The van der Waals surface area contributed by atoms with Gasteiger partial charge in [0.25, 0.3) is 5.91 Å². The molecule has 1 amide bonds. The minimum absolute atomic E-state index is 0. The largest absolute Gasteiger partial charge is 0.454 e. The lowest BCUT2D eigenvalue weighted by atomic mass is 10.1. The third kappa shape index (κ3) is 6.65. The van der Waals surface area contributed by atoms with Crippen LogP contribution in [0.1, 0.15) is 61.8 Å². The highest BCUT2D eigenvalue weighted by atomic mass is 127. The van der Waals surface area contributed by atoms with Crippen molar-refractivity contribution in [3.8, 4) is 0 Å². The van der Waals surface area contributed by atoms with Crippen LogP contribution in [0, 0.1) is 5.92 Å². The molecule has 158 valence electrons. The molecule has 8 heteroatoms. The van der Waals surface area contributed by atoms with Crippen molar-refractivity contribution in [1.82, 2.24) is 10.2 Å². The molecule has 1 saturated heterocycles. The number of piperidine rings is 1. The number of ether oxygens (including phenoxy) is 1. The molecule has 0 aromatic carbocycles. The number of nitrogens with zero attached hydrogens (tertiary/aromatic N) is 2. The molecular weight excluding hydrogens is 471 g/mol. The number of nitrogens with two attached hydrogens (primary N) is 1. The number of guanidine groups is 1. The smallest absolute Gasteiger partial charge is 0.284 e. The zero-order chi connectivity index (χ0) is 19.1. The third-order valence-electron chi connectivity index (χ3n) is 5.41. The third-order valence-corrected chi connectivity index (χ3v) is 5.41. The van der Waals surface area contributed by atoms with Gasteiger partial charge in [0.15, 0.2) is 11.7 Å². The van der Waals surface area contributed by atoms with E-state index in [-0.39, 0.29) is 29.7 Å². The number of furan rings is 1. The molecule has 0 spiro atoms. The molecule has 3 N–H and O–H groups in total. The van der Waals surface area contributed by atoms with Crippen LogP contribution in [0.3, 0.4) is 0 Å². The molecule has 2 aliphatic rings. The van der Waals surface area contributed by atoms with E-state index in [9.17, 15) is 4.79 Å². The SMILES string of the molecule is CCNC(=NCc1ccc(C(N)=O)o1)N1CCC(OCC2CCCC2)CC1.I. The van der Waals surface area contributed by atoms with Gasteiger partial charge in [0.1, 0.15) is 12.3 Å². The number of carbonyl (C=O) groups excluding carboxylic acids is 1. The molecule has 0 atom stereocenters. The number of rotatable bonds is 7. The number of halogens is 1. The Balaban J connectivity index is 0.00000280. The van der Waals surface area contributed by atoms with E-state index in [1.54, 1.807) is 12.1 Å². The van der Waals surface area contributed by atoms with Crippen LogP contribution < -0.4 is 11.1 Å². The lowest BCUT2D eigenvalue weighted by molar-refractivity contribution is 0.00100. The Morgan fingerprint density at radius 3 is 2.61 bits per heavy atom. The Kier molecular flexibility index (Phi) is 9.57. The van der Waals surface area contributed by atoms with Crippen LogP contribution in [-0.4, -0.2) is 49.1 Å². The summed E-state index contributed by atoms with van der Waals surface area (Å²) < 4.78 is 11.6. The predicted molar refractivity (Wildman–Crippen MR) is 120 cm³/mol. The zero-order valence-electron chi connectivity index (χ0n) is 16.7. The molecule has 1 saturated carbocycles. The summed E-state index contributed by atoms with van der Waals surface area (Å²) >= 11 is 0. The maximum atomic E-state index is 11.1. The Bertz CT molecular complexity index is 635. The minimum Gasteiger partial charge on any atom is -0.454 e. The first-order valence-electron chi connectivity index (χ1n) is 10.2. The topological polar surface area (TPSA) is 93.1 Å². The molecule has 1 aromatic heterocycles. The van der Waals surface area contributed by atoms with Gasteiger partial charge in [-0.3, -0.25) is 4.79 Å². The van der Waals surface area contributed by atoms with Crippen molar-refractivity contribution >= 4 is 35.8 Å². The summed E-state index contributed by atoms with van der Waals surface area (Å²) in [6.45, 7) is 6.05. The van der Waals surface area contributed by atoms with Crippen LogP contribution in [0.25, 0.3) is 0 Å². The van der Waals surface area contributed by atoms with E-state index in [0.29, 0.717) is 18.4 Å². The molecular formula is C20H33IN4O3. The van der Waals surface area contributed by atoms with Gasteiger partial charge in [-0.05, 0) is 50.7 Å². The molecule has 1 aliphatic carbocycles. The van der Waals surface area contributed by atoms with Gasteiger partial charge in [-0.25, -0.2) is 4.99 Å². The van der Waals surface area contributed by atoms with Crippen LogP contribution in [0.5, 0.6) is 0 Å². The van der Waals surface area contributed by atoms with E-state index in [2.05, 4.69) is 22.1 Å². The molecule has 1 aromatic rings. The van der Waals surface area contributed by atoms with Gasteiger partial charge in [-0.1, -0.05) is 12.8 Å². The maximum absolute atomic E-state index is 11.1. The van der Waals surface area contributed by atoms with E-state index >= 15 is 0 Å². The van der Waals surface area contributed by atoms with E-state index in [1.165, 1.54) is 25.7 Å². The summed E-state index contributed by atoms with van der Waals surface area (Å²) in [6.07, 6.45) is 7.83. The normalized spacial score (nSPS) is 18.9. The van der Waals surface area contributed by atoms with Gasteiger partial charge in [0, 0.05) is 26.2 Å². The average Bonchev–Trinajstić information content (AvgIpc) is 3.36. The molecule has 2 heterocycles. The molecule has 3 rings (SSSR count). The molecule has 2 fully saturated rings. The second kappa shape index (κ2) is 11.6. The molecule has 7 nitrogen and oxygen atoms in total. The Morgan fingerprint density at radius 1 is 1.29 bits per heavy atom. The lowest BCUT2D eigenvalue weighted by Crippen LogP contribution is -2.47. The van der Waals surface area contributed by atoms with E-state index < -0.39 is 5.91 Å². The summed E-state index contributed by atoms with van der Waals surface area (Å²) in [6, 6.07) is 3.34. The first-order chi connectivity index (χ1) is 13.2. The highest BCUT2D eigenvalue weighted by molar-refractivity contribution is 14.0. The minimum atomic E-state index is -0.559. The second-order valence-corrected chi connectivity index (χ2v) is 7.47. The Hall–Kier alpha value is -1.29. The number of likely N-dealkylation sites (tertiary alicyclic amines) is 1. The van der Waals surface area contributed by atoms with Crippen LogP contribution in [0.2, 0.25) is 0 Å². The number of hydrogen-bond acceptors (Lipinski definition) is 4. The van der Waals surface area contributed by atoms with Gasteiger partial charge in [-0.2, -0.15) is 0 Å². The number of amides is 1. The number of nitrogens with one attached hydrogen (secondary N) is 1. The summed E-state index contributed by atoms with van der Waals surface area (Å²) in [5.74, 6) is 1.90. The van der Waals surface area contributed by atoms with Crippen LogP contribution >= 0.6 is 24.0 Å². The van der Waals surface area contributed by atoms with Gasteiger partial charge in [-0.15, -0.1) is 24.0 Å². The van der Waals surface area contributed by atoms with Crippen molar-refractivity contribution in [3.05, 3.63) is 23.7 Å². The summed E-state index contributed by atoms with van der Waals surface area (Å²) in [5.41, 5.74) is 5.22. The number of aliphatic imine (C=N–C) groups is 1. The highest BCUT2D eigenvalue weighted by Gasteiger charge is 2.24. The standard InChI is InChI=1S/C20H32N4O3.HI/c1-2-22-20(23-13-17-7-8-18(27-17)19(21)25)24-11-9-16(10-12-24)26-14-15-5-3-4-6-15;/h7-8,15-16H,2-6,9-14H2,1H3,(H2,21,25)(H,22,23);1H. The van der Waals surface area contributed by atoms with E-state index in [1.807, 2.05) is 0 Å². The van der Waals surface area contributed by atoms with E-state index in [0.717, 1.165) is 51.0 Å². The monoisotopic (exact) mass is 504 g/mol. The van der Waals surface area contributed by atoms with Gasteiger partial charge < -0.3 is 25.1 Å². The summed E-state index contributed by atoms with van der Waals surface area (Å²) in [4.78, 5) is 18.1. The fourth-order valence-electron chi connectivity index (χ4n) is 3.86. The first kappa shape index (κ1) is 23.0. The Labute approximate surface area is 184 Å². The first-order valence-corrected chi connectivity index (χ1v) is 10.2. The predicted octanol–water partition coefficient (Wildman–Crippen LogP) is 3.13. The van der Waals surface area contributed by atoms with Crippen molar-refractivity contribution in [1.29, 1.82) is 0 Å². The van der Waals surface area contributed by atoms with Crippen molar-refractivity contribution in [2.75, 3.05) is 26.2 Å². The lowest BCUT2D eigenvalue weighted by Gasteiger charge is -2.34. The molecule has 0 unspecified atom stereocenters. The number of carbonyl (C=O) groups is 1. The van der Waals surface area contributed by atoms with Gasteiger partial charge in [0.05, 0.1) is 6.10 Å². The average molecular weight is 504 g/mol. The van der Waals surface area contributed by atoms with Gasteiger partial charge >= 0.3 is 0 Å². The molecule has 28 heavy (non-hydrogen) atoms. The summed E-state index contributed by atoms with van der Waals surface area (Å²) in [5, 5.41) is 3.35. The van der Waals surface area contributed by atoms with Gasteiger partial charge in [0.2, 0.25) is 0 Å². The fraction of sp³-hybridized carbons (Fsp3) is 0.700. The van der Waals surface area contributed by atoms with Crippen LogP contribution in [0.15, 0.2) is 21.5 Å². The van der Waals surface area contributed by atoms with Crippen molar-refractivity contribution < 1.29 is 13.9 Å². The van der Waals surface area contributed by atoms with Crippen molar-refractivity contribution in [2.24, 2.45) is 16.6 Å². The molecule has 1 aliphatic heterocycles. The van der Waals surface area contributed by atoms with E-state index in [4.69, 9.17) is 14.9 Å². The maximum Gasteiger partial charge on any atom is 0.284 e. The number of hydrogen-bond donors (Lipinski definition) is 2. The van der Waals surface area contributed by atoms with Crippen molar-refractivity contribution in [3.63, 3.8) is 0 Å². The fourth-order valence-corrected chi connectivity index (χ4v) is 3.86. The zero-order valence-corrected chi connectivity index (χ0v) is 19.0. The quantitative estimate of drug-likeness (QED) is 0.338. The van der Waals surface area contributed by atoms with Crippen molar-refractivity contribution in [2.45, 2.75) is 58.1 Å². The molecule has 0 bridgehead atoms. The van der Waals surface area contributed by atoms with Crippen LogP contribution in [0.4, 0.5) is 0 Å². The Morgan fingerprint density at radius 2 is 2.00 bits per heavy atom. The summed E-state index contributed by atoms with van der Waals surface area (Å²) in [7, 11) is 0. The highest BCUT2D eigenvalue weighted by Crippen LogP contribution is 2.26.